The summed E-state index contributed by atoms with van der Waals surface area (Å²) in [5, 5.41) is 23.7. The van der Waals surface area contributed by atoms with Crippen LogP contribution in [0.4, 0.5) is 0 Å². The first-order valence-corrected chi connectivity index (χ1v) is 7.62. The van der Waals surface area contributed by atoms with Gasteiger partial charge in [0.15, 0.2) is 0 Å². The van der Waals surface area contributed by atoms with E-state index >= 15 is 0 Å². The van der Waals surface area contributed by atoms with Crippen LogP contribution >= 0.6 is 11.3 Å². The third-order valence-electron chi connectivity index (χ3n) is 3.10. The summed E-state index contributed by atoms with van der Waals surface area (Å²) in [6, 6.07) is 12.7. The molecular weight excluding hydrogens is 296 g/mol. The minimum atomic E-state index is -1.08. The maximum Gasteiger partial charge on any atom is 0.244 e. The van der Waals surface area contributed by atoms with Gasteiger partial charge in [-0.05, 0) is 42.1 Å². The average molecular weight is 312 g/mol. The summed E-state index contributed by atoms with van der Waals surface area (Å²) < 4.78 is 0. The molecule has 0 aliphatic carbocycles. The van der Waals surface area contributed by atoms with Crippen molar-refractivity contribution < 1.29 is 9.90 Å². The number of nitrogens with one attached hydrogen (secondary N) is 1. The van der Waals surface area contributed by atoms with Crippen LogP contribution in [0, 0.1) is 11.3 Å². The number of carbonyl (C=O) groups is 1. The van der Waals surface area contributed by atoms with Crippen molar-refractivity contribution in [1.29, 1.82) is 5.26 Å². The molecule has 0 saturated heterocycles. The predicted octanol–water partition coefficient (Wildman–Crippen LogP) is 2.66. The Labute approximate surface area is 133 Å². The zero-order valence-electron chi connectivity index (χ0n) is 12.1. The van der Waals surface area contributed by atoms with Crippen molar-refractivity contribution in [2.45, 2.75) is 12.5 Å². The van der Waals surface area contributed by atoms with E-state index in [4.69, 9.17) is 5.26 Å². The smallest absolute Gasteiger partial charge is 0.244 e. The standard InChI is InChI=1S/C17H16N2O2S/c1-17(21,15-6-3-9-22-15)12-19-16(20)8-7-13-4-2-5-14(10-13)11-18/h2-10,21H,12H2,1H3,(H,19,20)/b8-7+. The van der Waals surface area contributed by atoms with Gasteiger partial charge in [-0.2, -0.15) is 5.26 Å². The largest absolute Gasteiger partial charge is 0.383 e. The van der Waals surface area contributed by atoms with E-state index in [0.717, 1.165) is 10.4 Å². The third kappa shape index (κ3) is 4.29. The number of thiophene rings is 1. The monoisotopic (exact) mass is 312 g/mol. The van der Waals surface area contributed by atoms with Crippen LogP contribution in [0.25, 0.3) is 6.08 Å². The molecular formula is C17H16N2O2S. The van der Waals surface area contributed by atoms with Gasteiger partial charge in [0.1, 0.15) is 5.60 Å². The number of benzene rings is 1. The van der Waals surface area contributed by atoms with Crippen LogP contribution in [0.15, 0.2) is 47.9 Å². The van der Waals surface area contributed by atoms with E-state index < -0.39 is 5.60 Å². The van der Waals surface area contributed by atoms with Gasteiger partial charge in [0.05, 0.1) is 18.2 Å². The number of carbonyl (C=O) groups excluding carboxylic acids is 1. The Morgan fingerprint density at radius 3 is 2.95 bits per heavy atom. The van der Waals surface area contributed by atoms with Crippen LogP contribution < -0.4 is 5.32 Å². The van der Waals surface area contributed by atoms with Crippen LogP contribution in [-0.4, -0.2) is 17.6 Å². The molecule has 0 radical (unpaired) electrons. The second kappa shape index (κ2) is 7.03. The SMILES string of the molecule is CC(O)(CNC(=O)/C=C/c1cccc(C#N)c1)c1cccs1. The fraction of sp³-hybridized carbons (Fsp3) is 0.176. The molecule has 0 bridgehead atoms. The Balaban J connectivity index is 1.93. The first kappa shape index (κ1) is 16.0. The van der Waals surface area contributed by atoms with E-state index in [1.165, 1.54) is 17.4 Å². The van der Waals surface area contributed by atoms with Crippen LogP contribution in [0.3, 0.4) is 0 Å². The Morgan fingerprint density at radius 1 is 1.45 bits per heavy atom. The van der Waals surface area contributed by atoms with Gasteiger partial charge in [0, 0.05) is 11.0 Å². The lowest BCUT2D eigenvalue weighted by Crippen LogP contribution is -2.37. The van der Waals surface area contributed by atoms with Crippen molar-refractivity contribution in [1.82, 2.24) is 5.32 Å². The number of amides is 1. The van der Waals surface area contributed by atoms with Crippen LogP contribution in [0.5, 0.6) is 0 Å². The van der Waals surface area contributed by atoms with Gasteiger partial charge in [-0.25, -0.2) is 0 Å². The Kier molecular flexibility index (Phi) is 5.10. The molecule has 2 aromatic rings. The molecule has 2 rings (SSSR count). The van der Waals surface area contributed by atoms with Crippen LogP contribution in [-0.2, 0) is 10.4 Å². The van der Waals surface area contributed by atoms with Crippen molar-refractivity contribution in [3.05, 3.63) is 63.9 Å². The van der Waals surface area contributed by atoms with Crippen molar-refractivity contribution in [3.8, 4) is 6.07 Å². The fourth-order valence-electron chi connectivity index (χ4n) is 1.87. The second-order valence-corrected chi connectivity index (χ2v) is 5.99. The van der Waals surface area contributed by atoms with E-state index in [0.29, 0.717) is 5.56 Å². The molecule has 1 aromatic carbocycles. The lowest BCUT2D eigenvalue weighted by atomic mass is 10.1. The van der Waals surface area contributed by atoms with Crippen LogP contribution in [0.1, 0.15) is 22.9 Å². The molecule has 2 N–H and O–H groups in total. The van der Waals surface area contributed by atoms with E-state index in [2.05, 4.69) is 5.32 Å². The molecule has 1 aromatic heterocycles. The van der Waals surface area contributed by atoms with Crippen molar-refractivity contribution in [2.24, 2.45) is 0 Å². The molecule has 0 aliphatic rings. The van der Waals surface area contributed by atoms with E-state index in [-0.39, 0.29) is 12.5 Å². The number of hydrogen-bond acceptors (Lipinski definition) is 4. The Hall–Kier alpha value is -2.42. The van der Waals surface area contributed by atoms with Gasteiger partial charge < -0.3 is 10.4 Å². The lowest BCUT2D eigenvalue weighted by molar-refractivity contribution is -0.117. The maximum atomic E-state index is 11.8. The summed E-state index contributed by atoms with van der Waals surface area (Å²) in [5.41, 5.74) is 0.237. The second-order valence-electron chi connectivity index (χ2n) is 5.04. The Bertz CT molecular complexity index is 713. The topological polar surface area (TPSA) is 73.1 Å². The molecule has 5 heteroatoms. The number of aliphatic hydroxyl groups is 1. The molecule has 1 atom stereocenters. The maximum absolute atomic E-state index is 11.8. The molecule has 112 valence electrons. The molecule has 1 unspecified atom stereocenters. The molecule has 22 heavy (non-hydrogen) atoms. The molecule has 0 fully saturated rings. The first-order chi connectivity index (χ1) is 10.5. The highest BCUT2D eigenvalue weighted by molar-refractivity contribution is 7.10. The number of nitrogens with zero attached hydrogens (tertiary/aromatic N) is 1. The zero-order valence-corrected chi connectivity index (χ0v) is 12.9. The summed E-state index contributed by atoms with van der Waals surface area (Å²) in [6.45, 7) is 1.80. The molecule has 0 saturated carbocycles. The molecule has 1 heterocycles. The van der Waals surface area contributed by atoms with Crippen molar-refractivity contribution >= 4 is 23.3 Å². The van der Waals surface area contributed by atoms with E-state index in [1.807, 2.05) is 29.6 Å². The molecule has 0 aliphatic heterocycles. The van der Waals surface area contributed by atoms with Gasteiger partial charge in [0.2, 0.25) is 5.91 Å². The van der Waals surface area contributed by atoms with Gasteiger partial charge in [-0.3, -0.25) is 4.79 Å². The van der Waals surface area contributed by atoms with Gasteiger partial charge in [-0.1, -0.05) is 18.2 Å². The normalized spacial score (nSPS) is 13.5. The fourth-order valence-corrected chi connectivity index (χ4v) is 2.66. The van der Waals surface area contributed by atoms with E-state index in [1.54, 1.807) is 31.2 Å². The minimum absolute atomic E-state index is 0.134. The van der Waals surface area contributed by atoms with Crippen molar-refractivity contribution in [2.75, 3.05) is 6.54 Å². The summed E-state index contributed by atoms with van der Waals surface area (Å²) in [4.78, 5) is 12.6. The summed E-state index contributed by atoms with van der Waals surface area (Å²) in [7, 11) is 0. The highest BCUT2D eigenvalue weighted by Crippen LogP contribution is 2.24. The number of rotatable bonds is 5. The lowest BCUT2D eigenvalue weighted by Gasteiger charge is -2.21. The first-order valence-electron chi connectivity index (χ1n) is 6.74. The minimum Gasteiger partial charge on any atom is -0.383 e. The molecule has 4 nitrogen and oxygen atoms in total. The van der Waals surface area contributed by atoms with Gasteiger partial charge in [-0.15, -0.1) is 11.3 Å². The summed E-state index contributed by atoms with van der Waals surface area (Å²) >= 11 is 1.45. The quantitative estimate of drug-likeness (QED) is 0.834. The van der Waals surface area contributed by atoms with E-state index in [9.17, 15) is 9.90 Å². The van der Waals surface area contributed by atoms with Crippen LogP contribution in [0.2, 0.25) is 0 Å². The van der Waals surface area contributed by atoms with Gasteiger partial charge in [0.25, 0.3) is 0 Å². The predicted molar refractivity (Wildman–Crippen MR) is 87.1 cm³/mol. The highest BCUT2D eigenvalue weighted by Gasteiger charge is 2.24. The Morgan fingerprint density at radius 2 is 2.27 bits per heavy atom. The zero-order chi connectivity index (χ0) is 16.0. The molecule has 1 amide bonds. The average Bonchev–Trinajstić information content (AvgIpc) is 3.06. The summed E-state index contributed by atoms with van der Waals surface area (Å²) in [6.07, 6.45) is 3.02. The van der Waals surface area contributed by atoms with Crippen molar-refractivity contribution in [3.63, 3.8) is 0 Å². The van der Waals surface area contributed by atoms with Gasteiger partial charge >= 0.3 is 0 Å². The summed E-state index contributed by atoms with van der Waals surface area (Å²) in [5.74, 6) is -0.292. The highest BCUT2D eigenvalue weighted by atomic mass is 32.1. The number of nitriles is 1. The number of hydrogen-bond donors (Lipinski definition) is 2. The molecule has 0 spiro atoms. The third-order valence-corrected chi connectivity index (χ3v) is 4.22.